The van der Waals surface area contributed by atoms with Crippen LogP contribution in [0.15, 0.2) is 16.7 Å². The molecule has 0 bridgehead atoms. The van der Waals surface area contributed by atoms with Gasteiger partial charge < -0.3 is 30.2 Å². The first kappa shape index (κ1) is 21.6. The molecular formula is C15H21BrN4O6. The number of methoxy groups -OCH3 is 1. The number of pyridine rings is 1. The quantitative estimate of drug-likeness (QED) is 0.398. The average molecular weight is 433 g/mol. The summed E-state index contributed by atoms with van der Waals surface area (Å²) in [5.74, 6) is -1.15. The number of hydrogen-bond acceptors (Lipinski definition) is 8. The predicted octanol–water partition coefficient (Wildman–Crippen LogP) is 2.62. The number of halogens is 1. The standard InChI is InChI=1S/C15H21BrN4O6/c1-8(18-10-6-9(16)7-17-12(10)20(23)24)11(13(21)25-5)19-14(22)26-15(2,3)4/h6-8,11,18H,1-5H3,(H,19,22)/t8-,11+/m1/s1. The van der Waals surface area contributed by atoms with Gasteiger partial charge in [-0.3, -0.25) is 0 Å². The molecule has 0 fully saturated rings. The van der Waals surface area contributed by atoms with Crippen LogP contribution in [0.3, 0.4) is 0 Å². The molecule has 1 rings (SSSR count). The van der Waals surface area contributed by atoms with Gasteiger partial charge >= 0.3 is 17.9 Å². The Balaban J connectivity index is 3.02. The number of carbonyl (C=O) groups excluding carboxylic acids is 2. The van der Waals surface area contributed by atoms with Crippen molar-refractivity contribution in [2.45, 2.75) is 45.4 Å². The van der Waals surface area contributed by atoms with E-state index < -0.39 is 40.5 Å². The molecule has 11 heteroatoms. The number of aromatic nitrogens is 1. The fourth-order valence-corrected chi connectivity index (χ4v) is 2.29. The molecular weight excluding hydrogens is 412 g/mol. The fourth-order valence-electron chi connectivity index (χ4n) is 1.96. The fraction of sp³-hybridized carbons (Fsp3) is 0.533. The number of anilines is 1. The summed E-state index contributed by atoms with van der Waals surface area (Å²) < 4.78 is 10.3. The molecule has 0 aliphatic heterocycles. The van der Waals surface area contributed by atoms with Gasteiger partial charge in [0.25, 0.3) is 0 Å². The van der Waals surface area contributed by atoms with Crippen LogP contribution in [0, 0.1) is 10.1 Å². The molecule has 144 valence electrons. The third-order valence-corrected chi connectivity index (χ3v) is 3.45. The maximum Gasteiger partial charge on any atom is 0.408 e. The Morgan fingerprint density at radius 3 is 2.50 bits per heavy atom. The predicted molar refractivity (Wildman–Crippen MR) is 96.8 cm³/mol. The number of nitro groups is 1. The maximum absolute atomic E-state index is 12.0. The molecule has 0 aromatic carbocycles. The van der Waals surface area contributed by atoms with Crippen molar-refractivity contribution in [2.75, 3.05) is 12.4 Å². The van der Waals surface area contributed by atoms with Gasteiger partial charge in [-0.05, 0) is 59.6 Å². The number of esters is 1. The molecule has 0 radical (unpaired) electrons. The van der Waals surface area contributed by atoms with Crippen molar-refractivity contribution in [3.05, 3.63) is 26.9 Å². The van der Waals surface area contributed by atoms with E-state index in [2.05, 4.69) is 31.5 Å². The second-order valence-corrected chi connectivity index (χ2v) is 7.28. The Morgan fingerprint density at radius 2 is 2.00 bits per heavy atom. The van der Waals surface area contributed by atoms with Crippen molar-refractivity contribution >= 4 is 39.5 Å². The van der Waals surface area contributed by atoms with Crippen LogP contribution < -0.4 is 10.6 Å². The normalized spacial score (nSPS) is 13.3. The highest BCUT2D eigenvalue weighted by molar-refractivity contribution is 9.10. The van der Waals surface area contributed by atoms with E-state index in [0.29, 0.717) is 4.47 Å². The van der Waals surface area contributed by atoms with Crippen molar-refractivity contribution in [3.63, 3.8) is 0 Å². The summed E-state index contributed by atoms with van der Waals surface area (Å²) in [5.41, 5.74) is -0.675. The maximum atomic E-state index is 12.0. The van der Waals surface area contributed by atoms with E-state index in [1.54, 1.807) is 27.7 Å². The van der Waals surface area contributed by atoms with Crippen molar-refractivity contribution in [3.8, 4) is 0 Å². The Bertz CT molecular complexity index is 691. The Kier molecular flexibility index (Phi) is 7.30. The van der Waals surface area contributed by atoms with Gasteiger partial charge in [-0.1, -0.05) is 0 Å². The summed E-state index contributed by atoms with van der Waals surface area (Å²) in [5, 5.41) is 16.3. The van der Waals surface area contributed by atoms with Gasteiger partial charge in [-0.2, -0.15) is 0 Å². The molecule has 10 nitrogen and oxygen atoms in total. The minimum absolute atomic E-state index is 0.0803. The number of carbonyl (C=O) groups is 2. The molecule has 0 saturated heterocycles. The van der Waals surface area contributed by atoms with Crippen LogP contribution >= 0.6 is 15.9 Å². The van der Waals surface area contributed by atoms with Gasteiger partial charge in [0.1, 0.15) is 17.3 Å². The summed E-state index contributed by atoms with van der Waals surface area (Å²) in [6, 6.07) is -0.457. The number of alkyl carbamates (subject to hydrolysis) is 1. The van der Waals surface area contributed by atoms with Crippen molar-refractivity contribution in [2.24, 2.45) is 0 Å². The van der Waals surface area contributed by atoms with Gasteiger partial charge in [0.15, 0.2) is 6.20 Å². The zero-order chi connectivity index (χ0) is 20.1. The lowest BCUT2D eigenvalue weighted by atomic mass is 10.1. The minimum Gasteiger partial charge on any atom is -0.467 e. The van der Waals surface area contributed by atoms with Crippen molar-refractivity contribution in [1.29, 1.82) is 0 Å². The van der Waals surface area contributed by atoms with E-state index in [0.717, 1.165) is 0 Å². The van der Waals surface area contributed by atoms with E-state index in [4.69, 9.17) is 9.47 Å². The first-order valence-corrected chi connectivity index (χ1v) is 8.37. The lowest BCUT2D eigenvalue weighted by Crippen LogP contribution is -2.52. The molecule has 1 aromatic rings. The monoisotopic (exact) mass is 432 g/mol. The summed E-state index contributed by atoms with van der Waals surface area (Å²) in [6.45, 7) is 6.59. The van der Waals surface area contributed by atoms with E-state index in [1.165, 1.54) is 19.4 Å². The number of nitrogens with one attached hydrogen (secondary N) is 2. The average Bonchev–Trinajstić information content (AvgIpc) is 2.49. The smallest absolute Gasteiger partial charge is 0.408 e. The molecule has 0 saturated carbocycles. The number of hydrogen-bond donors (Lipinski definition) is 2. The second kappa shape index (κ2) is 8.79. The number of rotatable bonds is 6. The van der Waals surface area contributed by atoms with Crippen LogP contribution in [-0.4, -0.2) is 46.8 Å². The van der Waals surface area contributed by atoms with E-state index >= 15 is 0 Å². The number of ether oxygens (including phenoxy) is 2. The first-order valence-electron chi connectivity index (χ1n) is 7.58. The Morgan fingerprint density at radius 1 is 1.38 bits per heavy atom. The van der Waals surface area contributed by atoms with E-state index in [1.807, 2.05) is 0 Å². The molecule has 1 aromatic heterocycles. The lowest BCUT2D eigenvalue weighted by Gasteiger charge is -2.26. The molecule has 0 aliphatic rings. The van der Waals surface area contributed by atoms with Gasteiger partial charge in [-0.15, -0.1) is 0 Å². The van der Waals surface area contributed by atoms with Gasteiger partial charge in [0.2, 0.25) is 0 Å². The summed E-state index contributed by atoms with van der Waals surface area (Å²) in [4.78, 5) is 38.2. The molecule has 1 heterocycles. The van der Waals surface area contributed by atoms with Crippen LogP contribution in [0.1, 0.15) is 27.7 Å². The van der Waals surface area contributed by atoms with Gasteiger partial charge in [-0.25, -0.2) is 9.59 Å². The highest BCUT2D eigenvalue weighted by atomic mass is 79.9. The third-order valence-electron chi connectivity index (χ3n) is 3.02. The van der Waals surface area contributed by atoms with E-state index in [-0.39, 0.29) is 5.69 Å². The van der Waals surface area contributed by atoms with Crippen LogP contribution in [0.4, 0.5) is 16.3 Å². The highest BCUT2D eigenvalue weighted by Gasteiger charge is 2.31. The lowest BCUT2D eigenvalue weighted by molar-refractivity contribution is -0.388. The zero-order valence-electron chi connectivity index (χ0n) is 15.0. The molecule has 2 atom stereocenters. The molecule has 0 aliphatic carbocycles. The number of amides is 1. The summed E-state index contributed by atoms with van der Waals surface area (Å²) in [6.07, 6.45) is 0.466. The topological polar surface area (TPSA) is 133 Å². The summed E-state index contributed by atoms with van der Waals surface area (Å²) in [7, 11) is 1.17. The van der Waals surface area contributed by atoms with Crippen LogP contribution in [-0.2, 0) is 14.3 Å². The molecule has 1 amide bonds. The Labute approximate surface area is 158 Å². The Hall–Kier alpha value is -2.43. The molecule has 26 heavy (non-hydrogen) atoms. The number of nitrogens with zero attached hydrogens (tertiary/aromatic N) is 2. The van der Waals surface area contributed by atoms with Crippen molar-refractivity contribution < 1.29 is 24.0 Å². The summed E-state index contributed by atoms with van der Waals surface area (Å²) >= 11 is 3.18. The van der Waals surface area contributed by atoms with E-state index in [9.17, 15) is 19.7 Å². The SMILES string of the molecule is COC(=O)[C@@H](NC(=O)OC(C)(C)C)[C@@H](C)Nc1cc(Br)cnc1[N+](=O)[O-]. The van der Waals surface area contributed by atoms with Crippen LogP contribution in [0.5, 0.6) is 0 Å². The van der Waals surface area contributed by atoms with Gasteiger partial charge in [0.05, 0.1) is 17.6 Å². The largest absolute Gasteiger partial charge is 0.467 e. The molecule has 0 unspecified atom stereocenters. The molecule has 0 spiro atoms. The van der Waals surface area contributed by atoms with Crippen LogP contribution in [0.25, 0.3) is 0 Å². The zero-order valence-corrected chi connectivity index (χ0v) is 16.6. The molecule has 2 N–H and O–H groups in total. The van der Waals surface area contributed by atoms with Crippen molar-refractivity contribution in [1.82, 2.24) is 10.3 Å². The third kappa shape index (κ3) is 6.47. The van der Waals surface area contributed by atoms with Crippen LogP contribution in [0.2, 0.25) is 0 Å². The first-order chi connectivity index (χ1) is 11.9. The second-order valence-electron chi connectivity index (χ2n) is 6.36. The highest BCUT2D eigenvalue weighted by Crippen LogP contribution is 2.26. The van der Waals surface area contributed by atoms with Gasteiger partial charge in [0, 0.05) is 0 Å². The minimum atomic E-state index is -1.14.